The van der Waals surface area contributed by atoms with Gasteiger partial charge < -0.3 is 10.4 Å². The summed E-state index contributed by atoms with van der Waals surface area (Å²) < 4.78 is 0. The monoisotopic (exact) mass is 327 g/mol. The molecule has 3 rings (SSSR count). The number of nitrogens with zero attached hydrogens (tertiary/aromatic N) is 2. The smallest absolute Gasteiger partial charge is 0.292 e. The number of benzene rings is 2. The predicted molar refractivity (Wildman–Crippen MR) is 93.0 cm³/mol. The highest BCUT2D eigenvalue weighted by molar-refractivity contribution is 5.61. The van der Waals surface area contributed by atoms with Crippen LogP contribution in [-0.4, -0.2) is 40.7 Å². The second-order valence-corrected chi connectivity index (χ2v) is 6.06. The van der Waals surface area contributed by atoms with E-state index >= 15 is 0 Å². The SMILES string of the molecule is O=[N+]([O-])c1ccccc1NCC(O)CN1CCc2ccccc2C1. The molecule has 0 bridgehead atoms. The van der Waals surface area contributed by atoms with Crippen LogP contribution >= 0.6 is 0 Å². The molecule has 0 fully saturated rings. The Morgan fingerprint density at radius 1 is 1.17 bits per heavy atom. The zero-order valence-electron chi connectivity index (χ0n) is 13.4. The fraction of sp³-hybridized carbons (Fsp3) is 0.333. The number of aliphatic hydroxyl groups is 1. The van der Waals surface area contributed by atoms with Gasteiger partial charge in [0.05, 0.1) is 11.0 Å². The van der Waals surface area contributed by atoms with Crippen molar-refractivity contribution in [3.05, 3.63) is 69.8 Å². The van der Waals surface area contributed by atoms with Gasteiger partial charge in [-0.15, -0.1) is 0 Å². The van der Waals surface area contributed by atoms with E-state index < -0.39 is 11.0 Å². The zero-order valence-corrected chi connectivity index (χ0v) is 13.4. The number of hydrogen-bond donors (Lipinski definition) is 2. The van der Waals surface area contributed by atoms with Crippen LogP contribution in [0.5, 0.6) is 0 Å². The molecular formula is C18H21N3O3. The van der Waals surface area contributed by atoms with Crippen molar-refractivity contribution in [2.24, 2.45) is 0 Å². The molecule has 6 nitrogen and oxygen atoms in total. The average Bonchev–Trinajstić information content (AvgIpc) is 2.60. The van der Waals surface area contributed by atoms with Crippen LogP contribution in [0.1, 0.15) is 11.1 Å². The van der Waals surface area contributed by atoms with Crippen molar-refractivity contribution in [2.75, 3.05) is 25.0 Å². The summed E-state index contributed by atoms with van der Waals surface area (Å²) in [7, 11) is 0. The molecule has 24 heavy (non-hydrogen) atoms. The van der Waals surface area contributed by atoms with E-state index in [0.717, 1.165) is 19.5 Å². The molecule has 1 aliphatic rings. The fourth-order valence-electron chi connectivity index (χ4n) is 3.08. The van der Waals surface area contributed by atoms with Crippen molar-refractivity contribution in [1.82, 2.24) is 4.90 Å². The number of anilines is 1. The lowest BCUT2D eigenvalue weighted by Crippen LogP contribution is -2.39. The summed E-state index contributed by atoms with van der Waals surface area (Å²) in [6.07, 6.45) is 0.399. The molecule has 126 valence electrons. The summed E-state index contributed by atoms with van der Waals surface area (Å²) >= 11 is 0. The number of aliphatic hydroxyl groups excluding tert-OH is 1. The Balaban J connectivity index is 1.54. The van der Waals surface area contributed by atoms with E-state index in [2.05, 4.69) is 28.4 Å². The zero-order chi connectivity index (χ0) is 16.9. The van der Waals surface area contributed by atoms with Crippen LogP contribution in [0.4, 0.5) is 11.4 Å². The van der Waals surface area contributed by atoms with Crippen molar-refractivity contribution in [3.63, 3.8) is 0 Å². The van der Waals surface area contributed by atoms with E-state index in [0.29, 0.717) is 12.2 Å². The third kappa shape index (κ3) is 3.90. The van der Waals surface area contributed by atoms with Crippen LogP contribution in [0.25, 0.3) is 0 Å². The van der Waals surface area contributed by atoms with E-state index in [-0.39, 0.29) is 12.2 Å². The summed E-state index contributed by atoms with van der Waals surface area (Å²) in [5, 5.41) is 24.2. The number of hydrogen-bond acceptors (Lipinski definition) is 5. The molecular weight excluding hydrogens is 306 g/mol. The van der Waals surface area contributed by atoms with Crippen LogP contribution in [0.3, 0.4) is 0 Å². The molecule has 1 unspecified atom stereocenters. The lowest BCUT2D eigenvalue weighted by molar-refractivity contribution is -0.384. The molecule has 1 heterocycles. The second-order valence-electron chi connectivity index (χ2n) is 6.06. The lowest BCUT2D eigenvalue weighted by Gasteiger charge is -2.30. The van der Waals surface area contributed by atoms with Gasteiger partial charge in [0.25, 0.3) is 5.69 Å². The van der Waals surface area contributed by atoms with E-state index in [1.54, 1.807) is 18.2 Å². The number of nitro benzene ring substituents is 1. The first-order chi connectivity index (χ1) is 11.6. The molecule has 6 heteroatoms. The Morgan fingerprint density at radius 2 is 1.88 bits per heavy atom. The predicted octanol–water partition coefficient (Wildman–Crippen LogP) is 2.43. The summed E-state index contributed by atoms with van der Waals surface area (Å²) in [4.78, 5) is 12.8. The summed E-state index contributed by atoms with van der Waals surface area (Å²) in [5.74, 6) is 0. The molecule has 1 atom stereocenters. The van der Waals surface area contributed by atoms with Gasteiger partial charge in [-0.25, -0.2) is 0 Å². The van der Waals surface area contributed by atoms with Gasteiger partial charge in [-0.2, -0.15) is 0 Å². The first kappa shape index (κ1) is 16.4. The molecule has 0 saturated heterocycles. The second kappa shape index (κ2) is 7.42. The molecule has 0 aromatic heterocycles. The number of nitro groups is 1. The first-order valence-corrected chi connectivity index (χ1v) is 8.08. The van der Waals surface area contributed by atoms with Gasteiger partial charge in [-0.05, 0) is 23.6 Å². The van der Waals surface area contributed by atoms with E-state index in [1.807, 2.05) is 6.07 Å². The minimum absolute atomic E-state index is 0.0246. The minimum atomic E-state index is -0.588. The quantitative estimate of drug-likeness (QED) is 0.629. The van der Waals surface area contributed by atoms with Gasteiger partial charge in [-0.1, -0.05) is 36.4 Å². The molecule has 2 aromatic carbocycles. The number of β-amino-alcohol motifs (C(OH)–C–C–N with tert-alkyl or cyclic N) is 1. The molecule has 0 aliphatic carbocycles. The standard InChI is InChI=1S/C18H21N3O3/c22-16(11-19-17-7-3-4-8-18(17)21(23)24)13-20-10-9-14-5-1-2-6-15(14)12-20/h1-8,16,19,22H,9-13H2. The minimum Gasteiger partial charge on any atom is -0.390 e. The average molecular weight is 327 g/mol. The van der Waals surface area contributed by atoms with Crippen LogP contribution in [0.15, 0.2) is 48.5 Å². The molecule has 0 spiro atoms. The Labute approximate surface area is 140 Å². The van der Waals surface area contributed by atoms with Crippen molar-refractivity contribution in [2.45, 2.75) is 19.1 Å². The highest BCUT2D eigenvalue weighted by Gasteiger charge is 2.19. The Hall–Kier alpha value is -2.44. The highest BCUT2D eigenvalue weighted by Crippen LogP contribution is 2.23. The van der Waals surface area contributed by atoms with Gasteiger partial charge >= 0.3 is 0 Å². The van der Waals surface area contributed by atoms with E-state index in [1.165, 1.54) is 17.2 Å². The normalized spacial score (nSPS) is 15.5. The van der Waals surface area contributed by atoms with Gasteiger partial charge in [-0.3, -0.25) is 15.0 Å². The molecule has 1 aliphatic heterocycles. The van der Waals surface area contributed by atoms with Crippen molar-refractivity contribution < 1.29 is 10.0 Å². The van der Waals surface area contributed by atoms with Gasteiger partial charge in [0.2, 0.25) is 0 Å². The Bertz CT molecular complexity index is 720. The maximum Gasteiger partial charge on any atom is 0.292 e. The topological polar surface area (TPSA) is 78.6 Å². The summed E-state index contributed by atoms with van der Waals surface area (Å²) in [6.45, 7) is 2.57. The maximum atomic E-state index is 11.0. The van der Waals surface area contributed by atoms with Crippen LogP contribution in [-0.2, 0) is 13.0 Å². The number of fused-ring (bicyclic) bond motifs is 1. The third-order valence-corrected chi connectivity index (χ3v) is 4.31. The number of rotatable bonds is 6. The van der Waals surface area contributed by atoms with Crippen LogP contribution in [0.2, 0.25) is 0 Å². The van der Waals surface area contributed by atoms with Crippen LogP contribution < -0.4 is 5.32 Å². The molecule has 0 saturated carbocycles. The highest BCUT2D eigenvalue weighted by atomic mass is 16.6. The fourth-order valence-corrected chi connectivity index (χ4v) is 3.08. The number of para-hydroxylation sites is 2. The van der Waals surface area contributed by atoms with Crippen molar-refractivity contribution in [3.8, 4) is 0 Å². The maximum absolute atomic E-state index is 11.0. The van der Waals surface area contributed by atoms with E-state index in [4.69, 9.17) is 0 Å². The summed E-state index contributed by atoms with van der Waals surface area (Å²) in [6, 6.07) is 14.8. The van der Waals surface area contributed by atoms with Gasteiger partial charge in [0.15, 0.2) is 0 Å². The molecule has 0 amide bonds. The molecule has 2 aromatic rings. The van der Waals surface area contributed by atoms with Gasteiger partial charge in [0.1, 0.15) is 5.69 Å². The largest absolute Gasteiger partial charge is 0.390 e. The van der Waals surface area contributed by atoms with Gasteiger partial charge in [0, 0.05) is 32.2 Å². The Morgan fingerprint density at radius 3 is 2.67 bits per heavy atom. The lowest BCUT2D eigenvalue weighted by atomic mass is 10.00. The molecule has 0 radical (unpaired) electrons. The summed E-state index contributed by atoms with van der Waals surface area (Å²) in [5.41, 5.74) is 3.14. The van der Waals surface area contributed by atoms with E-state index in [9.17, 15) is 15.2 Å². The number of nitrogens with one attached hydrogen (secondary N) is 1. The first-order valence-electron chi connectivity index (χ1n) is 8.08. The third-order valence-electron chi connectivity index (χ3n) is 4.31. The Kier molecular flexibility index (Phi) is 5.08. The van der Waals surface area contributed by atoms with Crippen molar-refractivity contribution in [1.29, 1.82) is 0 Å². The van der Waals surface area contributed by atoms with Crippen molar-refractivity contribution >= 4 is 11.4 Å². The van der Waals surface area contributed by atoms with Crippen LogP contribution in [0, 0.1) is 10.1 Å². The molecule has 2 N–H and O–H groups in total.